The highest BCUT2D eigenvalue weighted by atomic mass is 32.1. The van der Waals surface area contributed by atoms with Crippen LogP contribution in [0.25, 0.3) is 0 Å². The number of hydrogen-bond acceptors (Lipinski definition) is 5. The van der Waals surface area contributed by atoms with E-state index in [1.54, 1.807) is 11.4 Å². The van der Waals surface area contributed by atoms with E-state index in [0.29, 0.717) is 17.2 Å². The molecule has 0 bridgehead atoms. The molecule has 1 heterocycles. The standard InChI is InChI=1S/C12H17NO4S/c1-4-6-13(8-10(14)17-3)12(15)11-9(16-2)5-7-18-11/h5,7H,4,6,8H2,1-3H3. The Morgan fingerprint density at radius 2 is 2.11 bits per heavy atom. The fourth-order valence-electron chi connectivity index (χ4n) is 1.50. The van der Waals surface area contributed by atoms with E-state index in [0.717, 1.165) is 6.42 Å². The lowest BCUT2D eigenvalue weighted by Gasteiger charge is -2.20. The molecule has 100 valence electrons. The zero-order valence-corrected chi connectivity index (χ0v) is 11.6. The lowest BCUT2D eigenvalue weighted by Crippen LogP contribution is -2.36. The summed E-state index contributed by atoms with van der Waals surface area (Å²) in [5.41, 5.74) is 0. The molecule has 1 rings (SSSR count). The number of methoxy groups -OCH3 is 2. The third kappa shape index (κ3) is 3.46. The maximum atomic E-state index is 12.3. The third-order valence-electron chi connectivity index (χ3n) is 2.37. The quantitative estimate of drug-likeness (QED) is 0.740. The van der Waals surface area contributed by atoms with Gasteiger partial charge in [0.15, 0.2) is 0 Å². The molecule has 0 aliphatic heterocycles. The highest BCUT2D eigenvalue weighted by Gasteiger charge is 2.22. The lowest BCUT2D eigenvalue weighted by atomic mass is 10.3. The van der Waals surface area contributed by atoms with Gasteiger partial charge in [-0.15, -0.1) is 11.3 Å². The van der Waals surface area contributed by atoms with Gasteiger partial charge in [-0.3, -0.25) is 9.59 Å². The first-order chi connectivity index (χ1) is 8.63. The monoisotopic (exact) mass is 271 g/mol. The molecule has 1 aromatic heterocycles. The van der Waals surface area contributed by atoms with E-state index in [9.17, 15) is 9.59 Å². The van der Waals surface area contributed by atoms with Gasteiger partial charge in [0.2, 0.25) is 0 Å². The van der Waals surface area contributed by atoms with E-state index in [1.807, 2.05) is 6.92 Å². The normalized spacial score (nSPS) is 9.94. The second kappa shape index (κ2) is 7.00. The summed E-state index contributed by atoms with van der Waals surface area (Å²) in [6.07, 6.45) is 0.774. The number of thiophene rings is 1. The van der Waals surface area contributed by atoms with Crippen molar-refractivity contribution in [3.63, 3.8) is 0 Å². The molecule has 5 nitrogen and oxygen atoms in total. The minimum Gasteiger partial charge on any atom is -0.495 e. The molecule has 6 heteroatoms. The van der Waals surface area contributed by atoms with Crippen LogP contribution in [0.3, 0.4) is 0 Å². The van der Waals surface area contributed by atoms with E-state index in [2.05, 4.69) is 4.74 Å². The van der Waals surface area contributed by atoms with Gasteiger partial charge in [-0.2, -0.15) is 0 Å². The van der Waals surface area contributed by atoms with Crippen LogP contribution >= 0.6 is 11.3 Å². The van der Waals surface area contributed by atoms with Crippen molar-refractivity contribution in [2.75, 3.05) is 27.3 Å². The predicted octanol–water partition coefficient (Wildman–Crippen LogP) is 1.78. The third-order valence-corrected chi connectivity index (χ3v) is 3.26. The number of carbonyl (C=O) groups excluding carboxylic acids is 2. The van der Waals surface area contributed by atoms with E-state index < -0.39 is 5.97 Å². The van der Waals surface area contributed by atoms with Gasteiger partial charge in [0.05, 0.1) is 14.2 Å². The second-order valence-corrected chi connectivity index (χ2v) is 4.54. The first-order valence-electron chi connectivity index (χ1n) is 5.61. The number of hydrogen-bond donors (Lipinski definition) is 0. The number of ether oxygens (including phenoxy) is 2. The maximum Gasteiger partial charge on any atom is 0.325 e. The summed E-state index contributed by atoms with van der Waals surface area (Å²) >= 11 is 1.30. The minimum absolute atomic E-state index is 0.0375. The zero-order valence-electron chi connectivity index (χ0n) is 10.8. The average Bonchev–Trinajstić information content (AvgIpc) is 2.85. The van der Waals surface area contributed by atoms with E-state index >= 15 is 0 Å². The number of rotatable bonds is 6. The molecule has 0 atom stereocenters. The van der Waals surface area contributed by atoms with Gasteiger partial charge >= 0.3 is 5.97 Å². The van der Waals surface area contributed by atoms with Crippen LogP contribution in [0, 0.1) is 0 Å². The number of nitrogens with zero attached hydrogens (tertiary/aromatic N) is 1. The fourth-order valence-corrected chi connectivity index (χ4v) is 2.33. The van der Waals surface area contributed by atoms with Crippen LogP contribution in [0.2, 0.25) is 0 Å². The average molecular weight is 271 g/mol. The van der Waals surface area contributed by atoms with Crippen molar-refractivity contribution in [1.82, 2.24) is 4.90 Å². The topological polar surface area (TPSA) is 55.8 Å². The van der Waals surface area contributed by atoms with Crippen LogP contribution in [-0.4, -0.2) is 44.1 Å². The molecule has 0 saturated carbocycles. The molecular weight excluding hydrogens is 254 g/mol. The van der Waals surface area contributed by atoms with Crippen molar-refractivity contribution in [1.29, 1.82) is 0 Å². The SMILES string of the molecule is CCCN(CC(=O)OC)C(=O)c1sccc1OC. The lowest BCUT2D eigenvalue weighted by molar-refractivity contribution is -0.141. The number of amides is 1. The van der Waals surface area contributed by atoms with E-state index in [1.165, 1.54) is 30.5 Å². The van der Waals surface area contributed by atoms with Crippen LogP contribution in [0.5, 0.6) is 5.75 Å². The molecule has 1 aromatic rings. The summed E-state index contributed by atoms with van der Waals surface area (Å²) in [7, 11) is 2.83. The Hall–Kier alpha value is -1.56. The van der Waals surface area contributed by atoms with Crippen LogP contribution in [-0.2, 0) is 9.53 Å². The predicted molar refractivity (Wildman–Crippen MR) is 69.1 cm³/mol. The van der Waals surface area contributed by atoms with Gasteiger partial charge in [-0.1, -0.05) is 6.92 Å². The molecule has 0 fully saturated rings. The largest absolute Gasteiger partial charge is 0.495 e. The summed E-state index contributed by atoms with van der Waals surface area (Å²) in [5, 5.41) is 1.79. The molecule has 0 N–H and O–H groups in total. The smallest absolute Gasteiger partial charge is 0.325 e. The first kappa shape index (κ1) is 14.5. The van der Waals surface area contributed by atoms with E-state index in [-0.39, 0.29) is 12.5 Å². The molecule has 0 unspecified atom stereocenters. The number of carbonyl (C=O) groups is 2. The Balaban J connectivity index is 2.85. The van der Waals surface area contributed by atoms with Crippen molar-refractivity contribution in [3.05, 3.63) is 16.3 Å². The van der Waals surface area contributed by atoms with Crippen molar-refractivity contribution in [3.8, 4) is 5.75 Å². The second-order valence-electron chi connectivity index (χ2n) is 3.62. The Labute approximate surface area is 110 Å². The summed E-state index contributed by atoms with van der Waals surface area (Å²) in [6.45, 7) is 2.42. The fraction of sp³-hybridized carbons (Fsp3) is 0.500. The van der Waals surface area contributed by atoms with Crippen LogP contribution in [0.1, 0.15) is 23.0 Å². The highest BCUT2D eigenvalue weighted by molar-refractivity contribution is 7.12. The number of esters is 1. The van der Waals surface area contributed by atoms with Crippen LogP contribution in [0.15, 0.2) is 11.4 Å². The molecule has 0 saturated heterocycles. The Morgan fingerprint density at radius 3 is 2.67 bits per heavy atom. The summed E-state index contributed by atoms with van der Waals surface area (Å²) in [4.78, 5) is 25.5. The molecule has 1 amide bonds. The van der Waals surface area contributed by atoms with Crippen LogP contribution < -0.4 is 4.74 Å². The molecule has 18 heavy (non-hydrogen) atoms. The molecule has 0 radical (unpaired) electrons. The molecular formula is C12H17NO4S. The summed E-state index contributed by atoms with van der Waals surface area (Å²) in [6, 6.07) is 1.74. The Kier molecular flexibility index (Phi) is 5.64. The van der Waals surface area contributed by atoms with Crippen molar-refractivity contribution < 1.29 is 19.1 Å². The summed E-state index contributed by atoms with van der Waals surface area (Å²) in [5.74, 6) is -0.0857. The van der Waals surface area contributed by atoms with Crippen molar-refractivity contribution >= 4 is 23.2 Å². The molecule has 0 aromatic carbocycles. The van der Waals surface area contributed by atoms with Crippen molar-refractivity contribution in [2.45, 2.75) is 13.3 Å². The van der Waals surface area contributed by atoms with Gasteiger partial charge < -0.3 is 14.4 Å². The first-order valence-corrected chi connectivity index (χ1v) is 6.49. The van der Waals surface area contributed by atoms with E-state index in [4.69, 9.17) is 4.74 Å². The zero-order chi connectivity index (χ0) is 13.5. The molecule has 0 aliphatic rings. The van der Waals surface area contributed by atoms with Gasteiger partial charge in [-0.25, -0.2) is 0 Å². The summed E-state index contributed by atoms with van der Waals surface area (Å²) < 4.78 is 9.70. The maximum absolute atomic E-state index is 12.3. The van der Waals surface area contributed by atoms with Gasteiger partial charge in [0.25, 0.3) is 5.91 Å². The van der Waals surface area contributed by atoms with Crippen LogP contribution in [0.4, 0.5) is 0 Å². The van der Waals surface area contributed by atoms with Gasteiger partial charge in [0.1, 0.15) is 17.2 Å². The van der Waals surface area contributed by atoms with Gasteiger partial charge in [-0.05, 0) is 17.9 Å². The highest BCUT2D eigenvalue weighted by Crippen LogP contribution is 2.25. The minimum atomic E-state index is -0.424. The Morgan fingerprint density at radius 1 is 1.39 bits per heavy atom. The van der Waals surface area contributed by atoms with Gasteiger partial charge in [0, 0.05) is 6.54 Å². The molecule has 0 aliphatic carbocycles. The Bertz CT molecular complexity index is 416. The van der Waals surface area contributed by atoms with Crippen molar-refractivity contribution in [2.24, 2.45) is 0 Å². The molecule has 0 spiro atoms.